The van der Waals surface area contributed by atoms with Crippen molar-refractivity contribution in [3.05, 3.63) is 35.4 Å². The van der Waals surface area contributed by atoms with Gasteiger partial charge in [0.2, 0.25) is 5.91 Å². The van der Waals surface area contributed by atoms with Gasteiger partial charge < -0.3 is 10.4 Å². The van der Waals surface area contributed by atoms with E-state index in [-0.39, 0.29) is 5.91 Å². The summed E-state index contributed by atoms with van der Waals surface area (Å²) >= 11 is 0. The molecule has 1 atom stereocenters. The van der Waals surface area contributed by atoms with E-state index in [1.807, 2.05) is 31.2 Å². The third kappa shape index (κ3) is 3.57. The minimum Gasteiger partial charge on any atom is -0.388 e. The molecule has 0 aromatic heterocycles. The number of aliphatic hydroxyl groups is 1. The molecule has 1 amide bonds. The zero-order chi connectivity index (χ0) is 13.2. The van der Waals surface area contributed by atoms with E-state index in [1.54, 1.807) is 6.92 Å². The molecule has 18 heavy (non-hydrogen) atoms. The summed E-state index contributed by atoms with van der Waals surface area (Å²) in [6.07, 6.45) is 2.52. The van der Waals surface area contributed by atoms with Crippen LogP contribution >= 0.6 is 0 Å². The van der Waals surface area contributed by atoms with Crippen LogP contribution < -0.4 is 5.32 Å². The van der Waals surface area contributed by atoms with E-state index in [2.05, 4.69) is 5.32 Å². The summed E-state index contributed by atoms with van der Waals surface area (Å²) in [6, 6.07) is 7.93. The van der Waals surface area contributed by atoms with Crippen molar-refractivity contribution < 1.29 is 9.90 Å². The number of hydrogen-bond donors (Lipinski definition) is 2. The van der Waals surface area contributed by atoms with Crippen molar-refractivity contribution in [3.8, 4) is 0 Å². The molecule has 1 aliphatic carbocycles. The monoisotopic (exact) mass is 247 g/mol. The second kappa shape index (κ2) is 5.11. The highest BCUT2D eigenvalue weighted by atomic mass is 16.3. The maximum Gasteiger partial charge on any atom is 0.224 e. The van der Waals surface area contributed by atoms with Crippen LogP contribution in [0.15, 0.2) is 24.3 Å². The smallest absolute Gasteiger partial charge is 0.224 e. The van der Waals surface area contributed by atoms with Crippen LogP contribution in [0, 0.1) is 12.8 Å². The first-order chi connectivity index (χ1) is 8.47. The number of benzene rings is 1. The van der Waals surface area contributed by atoms with Crippen molar-refractivity contribution in [2.24, 2.45) is 5.92 Å². The minimum atomic E-state index is -0.748. The Morgan fingerprint density at radius 2 is 2.22 bits per heavy atom. The molecule has 1 aromatic carbocycles. The maximum atomic E-state index is 11.8. The summed E-state index contributed by atoms with van der Waals surface area (Å²) in [5.41, 5.74) is 1.42. The molecule has 1 aromatic rings. The molecule has 2 N–H and O–H groups in total. The predicted molar refractivity (Wildman–Crippen MR) is 71.2 cm³/mol. The molecule has 3 heteroatoms. The Bertz CT molecular complexity index is 436. The third-order valence-electron chi connectivity index (χ3n) is 3.55. The Morgan fingerprint density at radius 3 is 2.83 bits per heavy atom. The third-order valence-corrected chi connectivity index (χ3v) is 3.55. The highest BCUT2D eigenvalue weighted by Gasteiger charge is 2.39. The Labute approximate surface area is 108 Å². The molecule has 0 aliphatic heterocycles. The summed E-state index contributed by atoms with van der Waals surface area (Å²) in [5.74, 6) is 0.332. The molecule has 0 bridgehead atoms. The molecule has 0 unspecified atom stereocenters. The molecule has 2 rings (SSSR count). The molecule has 0 heterocycles. The standard InChI is InChI=1S/C15H21NO2/c1-11-4-3-5-12(8-11)9-14(17)16-10-15(2,18)13-6-7-13/h3-5,8,13,18H,6-7,9-10H2,1-2H3,(H,16,17)/t15-/m0/s1. The van der Waals surface area contributed by atoms with Crippen molar-refractivity contribution in [2.45, 2.75) is 38.7 Å². The van der Waals surface area contributed by atoms with Crippen LogP contribution in [0.5, 0.6) is 0 Å². The number of hydrogen-bond acceptors (Lipinski definition) is 2. The van der Waals surface area contributed by atoms with Gasteiger partial charge in [0.1, 0.15) is 0 Å². The van der Waals surface area contributed by atoms with E-state index < -0.39 is 5.60 Å². The largest absolute Gasteiger partial charge is 0.388 e. The van der Waals surface area contributed by atoms with Crippen LogP contribution in [-0.2, 0) is 11.2 Å². The van der Waals surface area contributed by atoms with Crippen LogP contribution in [0.25, 0.3) is 0 Å². The zero-order valence-electron chi connectivity index (χ0n) is 11.1. The summed E-state index contributed by atoms with van der Waals surface area (Å²) in [7, 11) is 0. The Hall–Kier alpha value is -1.35. The fourth-order valence-corrected chi connectivity index (χ4v) is 2.20. The first-order valence-electron chi connectivity index (χ1n) is 6.52. The van der Waals surface area contributed by atoms with E-state index >= 15 is 0 Å². The highest BCUT2D eigenvalue weighted by Crippen LogP contribution is 2.38. The molecule has 1 saturated carbocycles. The van der Waals surface area contributed by atoms with Gasteiger partial charge in [0.05, 0.1) is 12.0 Å². The first kappa shape index (κ1) is 13.1. The van der Waals surface area contributed by atoms with Crippen molar-refractivity contribution >= 4 is 5.91 Å². The van der Waals surface area contributed by atoms with Crippen LogP contribution in [0.4, 0.5) is 0 Å². The Balaban J connectivity index is 1.82. The van der Waals surface area contributed by atoms with Crippen LogP contribution in [0.1, 0.15) is 30.9 Å². The van der Waals surface area contributed by atoms with Gasteiger partial charge in [0.15, 0.2) is 0 Å². The SMILES string of the molecule is Cc1cccc(CC(=O)NC[C@](C)(O)C2CC2)c1. The fraction of sp³-hybridized carbons (Fsp3) is 0.533. The van der Waals surface area contributed by atoms with Gasteiger partial charge in [0, 0.05) is 6.54 Å². The molecule has 1 aliphatic rings. The van der Waals surface area contributed by atoms with E-state index in [0.29, 0.717) is 18.9 Å². The molecule has 3 nitrogen and oxygen atoms in total. The summed E-state index contributed by atoms with van der Waals surface area (Å²) in [4.78, 5) is 11.8. The lowest BCUT2D eigenvalue weighted by Crippen LogP contribution is -2.42. The number of carbonyl (C=O) groups is 1. The van der Waals surface area contributed by atoms with E-state index in [4.69, 9.17) is 0 Å². The van der Waals surface area contributed by atoms with Gasteiger partial charge in [0.25, 0.3) is 0 Å². The Kier molecular flexibility index (Phi) is 3.71. The number of rotatable bonds is 5. The first-order valence-corrected chi connectivity index (χ1v) is 6.52. The fourth-order valence-electron chi connectivity index (χ4n) is 2.20. The predicted octanol–water partition coefficient (Wildman–Crippen LogP) is 1.81. The second-order valence-electron chi connectivity index (χ2n) is 5.57. The maximum absolute atomic E-state index is 11.8. The van der Waals surface area contributed by atoms with Gasteiger partial charge in [-0.3, -0.25) is 4.79 Å². The average Bonchev–Trinajstić information content (AvgIpc) is 3.10. The van der Waals surface area contributed by atoms with Gasteiger partial charge in [-0.05, 0) is 38.2 Å². The van der Waals surface area contributed by atoms with Crippen molar-refractivity contribution in [1.82, 2.24) is 5.32 Å². The van der Waals surface area contributed by atoms with Crippen molar-refractivity contribution in [1.29, 1.82) is 0 Å². The minimum absolute atomic E-state index is 0.0264. The molecule has 0 spiro atoms. The van der Waals surface area contributed by atoms with Gasteiger partial charge in [-0.2, -0.15) is 0 Å². The average molecular weight is 247 g/mol. The van der Waals surface area contributed by atoms with Crippen molar-refractivity contribution in [3.63, 3.8) is 0 Å². The number of amides is 1. The van der Waals surface area contributed by atoms with Crippen LogP contribution in [0.2, 0.25) is 0 Å². The van der Waals surface area contributed by atoms with Crippen LogP contribution in [-0.4, -0.2) is 23.2 Å². The van der Waals surface area contributed by atoms with E-state index in [0.717, 1.165) is 24.0 Å². The van der Waals surface area contributed by atoms with E-state index in [1.165, 1.54) is 0 Å². The lowest BCUT2D eigenvalue weighted by molar-refractivity contribution is -0.121. The van der Waals surface area contributed by atoms with Crippen molar-refractivity contribution in [2.75, 3.05) is 6.54 Å². The van der Waals surface area contributed by atoms with E-state index in [9.17, 15) is 9.90 Å². The van der Waals surface area contributed by atoms with Gasteiger partial charge in [-0.1, -0.05) is 29.8 Å². The molecule has 0 radical (unpaired) electrons. The lowest BCUT2D eigenvalue weighted by atomic mass is 10.0. The zero-order valence-corrected chi connectivity index (χ0v) is 11.1. The molecular weight excluding hydrogens is 226 g/mol. The summed E-state index contributed by atoms with van der Waals surface area (Å²) < 4.78 is 0. The lowest BCUT2D eigenvalue weighted by Gasteiger charge is -2.23. The molecule has 98 valence electrons. The number of nitrogens with one attached hydrogen (secondary N) is 1. The van der Waals surface area contributed by atoms with Gasteiger partial charge >= 0.3 is 0 Å². The number of aryl methyl sites for hydroxylation is 1. The summed E-state index contributed by atoms with van der Waals surface area (Å²) in [5, 5.41) is 12.9. The summed E-state index contributed by atoms with van der Waals surface area (Å²) in [6.45, 7) is 4.17. The highest BCUT2D eigenvalue weighted by molar-refractivity contribution is 5.78. The molecule has 0 saturated heterocycles. The molecule has 1 fully saturated rings. The van der Waals surface area contributed by atoms with Gasteiger partial charge in [-0.25, -0.2) is 0 Å². The normalized spacial score (nSPS) is 18.2. The van der Waals surface area contributed by atoms with Gasteiger partial charge in [-0.15, -0.1) is 0 Å². The Morgan fingerprint density at radius 1 is 1.50 bits per heavy atom. The van der Waals surface area contributed by atoms with Crippen LogP contribution in [0.3, 0.4) is 0 Å². The quantitative estimate of drug-likeness (QED) is 0.833. The second-order valence-corrected chi connectivity index (χ2v) is 5.57. The molecular formula is C15H21NO2. The number of carbonyl (C=O) groups excluding carboxylic acids is 1. The topological polar surface area (TPSA) is 49.3 Å².